The van der Waals surface area contributed by atoms with Gasteiger partial charge in [0.15, 0.2) is 5.13 Å². The highest BCUT2D eigenvalue weighted by atomic mass is 32.2. The van der Waals surface area contributed by atoms with Crippen molar-refractivity contribution in [1.82, 2.24) is 9.71 Å². The molecule has 0 bridgehead atoms. The summed E-state index contributed by atoms with van der Waals surface area (Å²) in [4.78, 5) is 17.9. The van der Waals surface area contributed by atoms with Crippen molar-refractivity contribution in [3.05, 3.63) is 83.2 Å². The SMILES string of the molecule is CC(C)(C)NS(=O)(=O)c1ccccc1-c1ccc(NC(=O)c2sc(N)nc2-c2cccc(C#N)c2)cc1. The highest BCUT2D eigenvalue weighted by molar-refractivity contribution is 7.89. The Bertz CT molecular complexity index is 1610. The number of benzene rings is 3. The third kappa shape index (κ3) is 6.03. The summed E-state index contributed by atoms with van der Waals surface area (Å²) >= 11 is 1.06. The lowest BCUT2D eigenvalue weighted by molar-refractivity contribution is 0.103. The maximum atomic E-state index is 13.1. The van der Waals surface area contributed by atoms with Gasteiger partial charge in [0.05, 0.1) is 22.2 Å². The number of hydrogen-bond donors (Lipinski definition) is 3. The first-order valence-corrected chi connectivity index (χ1v) is 13.6. The molecule has 1 aromatic heterocycles. The Labute approximate surface area is 219 Å². The molecule has 8 nitrogen and oxygen atoms in total. The Morgan fingerprint density at radius 1 is 1.00 bits per heavy atom. The minimum Gasteiger partial charge on any atom is -0.375 e. The fraction of sp³-hybridized carbons (Fsp3) is 0.148. The van der Waals surface area contributed by atoms with Gasteiger partial charge < -0.3 is 11.1 Å². The summed E-state index contributed by atoms with van der Waals surface area (Å²) in [6, 6.07) is 22.6. The first-order valence-electron chi connectivity index (χ1n) is 11.3. The lowest BCUT2D eigenvalue weighted by Gasteiger charge is -2.21. The largest absolute Gasteiger partial charge is 0.375 e. The van der Waals surface area contributed by atoms with Crippen LogP contribution in [0.5, 0.6) is 0 Å². The van der Waals surface area contributed by atoms with Gasteiger partial charge in [0, 0.05) is 22.4 Å². The van der Waals surface area contributed by atoms with Gasteiger partial charge in [-0.05, 0) is 56.7 Å². The van der Waals surface area contributed by atoms with E-state index in [1.165, 1.54) is 0 Å². The topological polar surface area (TPSA) is 138 Å². The number of carbonyl (C=O) groups excluding carboxylic acids is 1. The van der Waals surface area contributed by atoms with Gasteiger partial charge in [-0.25, -0.2) is 18.1 Å². The van der Waals surface area contributed by atoms with Crippen LogP contribution < -0.4 is 15.8 Å². The van der Waals surface area contributed by atoms with Crippen LogP contribution in [0.1, 0.15) is 36.0 Å². The number of nitrogen functional groups attached to an aromatic ring is 1. The van der Waals surface area contributed by atoms with Gasteiger partial charge >= 0.3 is 0 Å². The molecule has 1 heterocycles. The number of amides is 1. The van der Waals surface area contributed by atoms with Gasteiger partial charge in [-0.1, -0.05) is 53.8 Å². The molecule has 37 heavy (non-hydrogen) atoms. The number of hydrogen-bond acceptors (Lipinski definition) is 7. The fourth-order valence-corrected chi connectivity index (χ4v) is 6.14. The zero-order valence-corrected chi connectivity index (χ0v) is 22.1. The Morgan fingerprint density at radius 3 is 2.38 bits per heavy atom. The minimum absolute atomic E-state index is 0.172. The van der Waals surface area contributed by atoms with Gasteiger partial charge in [0.1, 0.15) is 4.88 Å². The van der Waals surface area contributed by atoms with E-state index in [-0.39, 0.29) is 10.0 Å². The number of nitrogens with one attached hydrogen (secondary N) is 2. The number of aromatic nitrogens is 1. The molecule has 0 saturated carbocycles. The van der Waals surface area contributed by atoms with Crippen molar-refractivity contribution in [1.29, 1.82) is 5.26 Å². The highest BCUT2D eigenvalue weighted by Gasteiger charge is 2.25. The molecule has 0 aliphatic rings. The van der Waals surface area contributed by atoms with Crippen molar-refractivity contribution in [3.8, 4) is 28.5 Å². The molecular formula is C27H25N5O3S2. The fourth-order valence-electron chi connectivity index (χ4n) is 3.74. The summed E-state index contributed by atoms with van der Waals surface area (Å²) in [6.45, 7) is 5.35. The smallest absolute Gasteiger partial charge is 0.268 e. The van der Waals surface area contributed by atoms with Crippen LogP contribution in [0.4, 0.5) is 10.8 Å². The zero-order valence-electron chi connectivity index (χ0n) is 20.4. The number of rotatable bonds is 6. The van der Waals surface area contributed by atoms with E-state index in [1.54, 1.807) is 93.6 Å². The number of nitrogens with two attached hydrogens (primary N) is 1. The Hall–Kier alpha value is -4.04. The van der Waals surface area contributed by atoms with Crippen molar-refractivity contribution in [3.63, 3.8) is 0 Å². The number of carbonyl (C=O) groups is 1. The van der Waals surface area contributed by atoms with Gasteiger partial charge in [-0.2, -0.15) is 5.26 Å². The summed E-state index contributed by atoms with van der Waals surface area (Å²) in [5.41, 5.74) is 8.49. The van der Waals surface area contributed by atoms with Crippen molar-refractivity contribution in [2.45, 2.75) is 31.2 Å². The Morgan fingerprint density at radius 2 is 1.70 bits per heavy atom. The van der Waals surface area contributed by atoms with Crippen LogP contribution in [0, 0.1) is 11.3 Å². The summed E-state index contributed by atoms with van der Waals surface area (Å²) in [5, 5.41) is 12.3. The molecule has 0 aliphatic heterocycles. The van der Waals surface area contributed by atoms with Crippen molar-refractivity contribution in [2.75, 3.05) is 11.1 Å². The van der Waals surface area contributed by atoms with E-state index in [2.05, 4.69) is 21.1 Å². The average molecular weight is 532 g/mol. The van der Waals surface area contributed by atoms with Gasteiger partial charge in [0.2, 0.25) is 10.0 Å². The van der Waals surface area contributed by atoms with Crippen LogP contribution >= 0.6 is 11.3 Å². The molecule has 0 saturated heterocycles. The quantitative estimate of drug-likeness (QED) is 0.310. The molecule has 4 aromatic rings. The van der Waals surface area contributed by atoms with E-state index in [4.69, 9.17) is 5.73 Å². The molecule has 0 unspecified atom stereocenters. The normalized spacial score (nSPS) is 11.6. The molecule has 0 radical (unpaired) electrons. The van der Waals surface area contributed by atoms with E-state index in [0.29, 0.717) is 38.5 Å². The molecule has 0 fully saturated rings. The monoisotopic (exact) mass is 531 g/mol. The lowest BCUT2D eigenvalue weighted by Crippen LogP contribution is -2.40. The number of anilines is 2. The van der Waals surface area contributed by atoms with Gasteiger partial charge in [-0.3, -0.25) is 4.79 Å². The zero-order chi connectivity index (χ0) is 26.8. The third-order valence-corrected chi connectivity index (χ3v) is 7.89. The maximum absolute atomic E-state index is 13.1. The predicted molar refractivity (Wildman–Crippen MR) is 147 cm³/mol. The Balaban J connectivity index is 1.60. The highest BCUT2D eigenvalue weighted by Crippen LogP contribution is 2.32. The van der Waals surface area contributed by atoms with Crippen LogP contribution in [0.15, 0.2) is 77.7 Å². The number of nitriles is 1. The summed E-state index contributed by atoms with van der Waals surface area (Å²) in [5.74, 6) is -0.392. The van der Waals surface area contributed by atoms with E-state index in [0.717, 1.165) is 11.3 Å². The van der Waals surface area contributed by atoms with Crippen molar-refractivity contribution >= 4 is 38.1 Å². The molecule has 3 aromatic carbocycles. The molecule has 0 spiro atoms. The molecular weight excluding hydrogens is 506 g/mol. The first-order chi connectivity index (χ1) is 17.5. The number of sulfonamides is 1. The maximum Gasteiger partial charge on any atom is 0.268 e. The lowest BCUT2D eigenvalue weighted by atomic mass is 10.1. The molecule has 1 amide bonds. The molecule has 4 N–H and O–H groups in total. The van der Waals surface area contributed by atoms with Crippen LogP contribution in [0.3, 0.4) is 0 Å². The summed E-state index contributed by atoms with van der Waals surface area (Å²) < 4.78 is 28.7. The van der Waals surface area contributed by atoms with Gasteiger partial charge in [0.25, 0.3) is 5.91 Å². The third-order valence-electron chi connectivity index (χ3n) is 5.19. The average Bonchev–Trinajstić information content (AvgIpc) is 3.25. The number of thiazole rings is 1. The van der Waals surface area contributed by atoms with Crippen LogP contribution in [-0.4, -0.2) is 24.8 Å². The van der Waals surface area contributed by atoms with Crippen LogP contribution in [-0.2, 0) is 10.0 Å². The second kappa shape index (κ2) is 10.1. The van der Waals surface area contributed by atoms with Crippen LogP contribution in [0.2, 0.25) is 0 Å². The molecule has 10 heteroatoms. The van der Waals surface area contributed by atoms with Crippen molar-refractivity contribution < 1.29 is 13.2 Å². The minimum atomic E-state index is -3.75. The first kappa shape index (κ1) is 26.0. The predicted octanol–water partition coefficient (Wildman–Crippen LogP) is 5.26. The standard InChI is InChI=1S/C27H25N5O3S2/c1-27(2,3)32-37(34,35)22-10-5-4-9-21(22)18-11-13-20(14-12-18)30-25(33)24-23(31-26(29)36-24)19-8-6-7-17(15-19)16-28/h4-15,32H,1-3H3,(H2,29,31)(H,30,33). The Kier molecular flexibility index (Phi) is 7.14. The van der Waals surface area contributed by atoms with Gasteiger partial charge in [-0.15, -0.1) is 0 Å². The summed E-state index contributed by atoms with van der Waals surface area (Å²) in [7, 11) is -3.75. The van der Waals surface area contributed by atoms with E-state index in [1.807, 2.05) is 0 Å². The number of nitrogens with zero attached hydrogens (tertiary/aromatic N) is 2. The van der Waals surface area contributed by atoms with Crippen molar-refractivity contribution in [2.24, 2.45) is 0 Å². The molecule has 0 atom stereocenters. The second-order valence-electron chi connectivity index (χ2n) is 9.31. The summed E-state index contributed by atoms with van der Waals surface area (Å²) in [6.07, 6.45) is 0. The van der Waals surface area contributed by atoms with E-state index in [9.17, 15) is 18.5 Å². The molecule has 4 rings (SSSR count). The molecule has 188 valence electrons. The van der Waals surface area contributed by atoms with E-state index < -0.39 is 21.5 Å². The van der Waals surface area contributed by atoms with Crippen LogP contribution in [0.25, 0.3) is 22.4 Å². The second-order valence-corrected chi connectivity index (χ2v) is 12.0. The van der Waals surface area contributed by atoms with E-state index >= 15 is 0 Å². The molecule has 0 aliphatic carbocycles.